The van der Waals surface area contributed by atoms with Crippen LogP contribution in [0.5, 0.6) is 0 Å². The molecule has 0 aromatic heterocycles. The van der Waals surface area contributed by atoms with Crippen molar-refractivity contribution in [2.75, 3.05) is 77.1 Å². The van der Waals surface area contributed by atoms with Crippen molar-refractivity contribution in [2.45, 2.75) is 154 Å². The van der Waals surface area contributed by atoms with Gasteiger partial charge in [0.2, 0.25) is 5.91 Å². The van der Waals surface area contributed by atoms with E-state index in [0.717, 1.165) is 32.1 Å². The van der Waals surface area contributed by atoms with Crippen LogP contribution in [0.15, 0.2) is 0 Å². The van der Waals surface area contributed by atoms with Crippen LogP contribution in [0.1, 0.15) is 142 Å². The maximum Gasteiger partial charge on any atom is 0.306 e. The van der Waals surface area contributed by atoms with Crippen molar-refractivity contribution in [3.63, 3.8) is 0 Å². The van der Waals surface area contributed by atoms with Crippen LogP contribution in [0, 0.1) is 0 Å². The molecule has 5 N–H and O–H groups in total. The van der Waals surface area contributed by atoms with Crippen LogP contribution < -0.4 is 11.1 Å². The molecule has 1 amide bonds. The first kappa shape index (κ1) is 51.3. The highest BCUT2D eigenvalue weighted by Crippen LogP contribution is 2.32. The summed E-state index contributed by atoms with van der Waals surface area (Å²) in [6.07, 6.45) is 27.0. The fourth-order valence-electron chi connectivity index (χ4n) is 5.38. The summed E-state index contributed by atoms with van der Waals surface area (Å²) in [5.74, 6) is 0.503. The van der Waals surface area contributed by atoms with Gasteiger partial charge in [0.1, 0.15) is 13.4 Å². The summed E-state index contributed by atoms with van der Waals surface area (Å²) in [7, 11) is -3.04. The first-order valence-electron chi connectivity index (χ1n) is 20.5. The van der Waals surface area contributed by atoms with Crippen LogP contribution in [0.3, 0.4) is 0 Å². The van der Waals surface area contributed by atoms with E-state index in [-0.39, 0.29) is 30.7 Å². The number of carbonyl (C=O) groups excluding carboxylic acids is 2. The minimum Gasteiger partial charge on any atom is -0.459 e. The van der Waals surface area contributed by atoms with Crippen molar-refractivity contribution in [1.82, 2.24) is 5.32 Å². The highest BCUT2D eigenvalue weighted by molar-refractivity contribution is 7.99. The predicted octanol–water partition coefficient (Wildman–Crippen LogP) is 7.25. The molecule has 13 heteroatoms. The molecule has 0 aliphatic carbocycles. The third kappa shape index (κ3) is 39.0. The Balaban J connectivity index is 4.26. The van der Waals surface area contributed by atoms with Gasteiger partial charge in [-0.25, -0.2) is 0 Å². The van der Waals surface area contributed by atoms with Crippen molar-refractivity contribution in [1.29, 1.82) is 0 Å². The number of thioether (sulfide) groups is 1. The average Bonchev–Trinajstić information content (AvgIpc) is 3.11. The summed E-state index contributed by atoms with van der Waals surface area (Å²) < 4.78 is 27.9. The molecule has 0 unspecified atom stereocenters. The molecule has 0 aromatic rings. The number of rotatable bonds is 41. The Labute approximate surface area is 322 Å². The highest BCUT2D eigenvalue weighted by atomic mass is 32.2. The fourth-order valence-corrected chi connectivity index (χ4v) is 6.77. The van der Waals surface area contributed by atoms with Crippen molar-refractivity contribution in [3.8, 4) is 0 Å². The lowest BCUT2D eigenvalue weighted by atomic mass is 10.1. The van der Waals surface area contributed by atoms with E-state index in [1.165, 1.54) is 102 Å². The van der Waals surface area contributed by atoms with E-state index in [1.807, 2.05) is 0 Å². The zero-order valence-electron chi connectivity index (χ0n) is 33.2. The molecule has 52 heavy (non-hydrogen) atoms. The zero-order chi connectivity index (χ0) is 38.4. The van der Waals surface area contributed by atoms with Crippen molar-refractivity contribution >= 4 is 37.3 Å². The summed E-state index contributed by atoms with van der Waals surface area (Å²) in [6, 6.07) is -0.688. The van der Waals surface area contributed by atoms with Crippen LogP contribution in [-0.2, 0) is 33.3 Å². The first-order chi connectivity index (χ1) is 25.2. The Kier molecular flexibility index (Phi) is 38.1. The van der Waals surface area contributed by atoms with Crippen molar-refractivity contribution < 1.29 is 43.1 Å². The van der Waals surface area contributed by atoms with Gasteiger partial charge in [-0.2, -0.15) is 11.8 Å². The molecule has 0 aliphatic rings. The lowest BCUT2D eigenvalue weighted by Gasteiger charge is -2.19. The molecule has 11 nitrogen and oxygen atoms in total. The normalized spacial score (nSPS) is 12.9. The van der Waals surface area contributed by atoms with Crippen LogP contribution in [0.2, 0.25) is 0 Å². The number of amides is 1. The van der Waals surface area contributed by atoms with E-state index in [4.69, 9.17) is 29.4 Å². The standard InChI is InChI=1S/C39H79N2O9PS/c1-4-6-8-10-12-14-16-18-20-22-25-49-33-36(50-38(42)23-21-19-17-15-13-11-9-7-5-2)34-52-35-37(40)39(43)41-24-26-46-27-28-47-29-30-48-31-32-51(3,44)45/h36-37,44-45H,3-35,40H2,1-2H3,(H,41,43)/t36-,37+/m1/s1. The third-order valence-corrected chi connectivity index (χ3v) is 10.7. The molecule has 0 aromatic carbocycles. The van der Waals surface area contributed by atoms with Gasteiger partial charge in [-0.15, -0.1) is 0 Å². The Morgan fingerprint density at radius 3 is 1.67 bits per heavy atom. The number of carbonyl (C=O) groups is 2. The van der Waals surface area contributed by atoms with E-state index in [9.17, 15) is 19.4 Å². The lowest BCUT2D eigenvalue weighted by Crippen LogP contribution is -2.43. The van der Waals surface area contributed by atoms with E-state index < -0.39 is 13.4 Å². The molecule has 2 atom stereocenters. The van der Waals surface area contributed by atoms with Gasteiger partial charge in [0.25, 0.3) is 0 Å². The molecule has 0 fully saturated rings. The van der Waals surface area contributed by atoms with E-state index in [2.05, 4.69) is 25.5 Å². The summed E-state index contributed by atoms with van der Waals surface area (Å²) in [5, 5.41) is 2.80. The molecular weight excluding hydrogens is 703 g/mol. The SMILES string of the molecule is C=P(O)(O)CCOCCOCCOCCNC(=O)[C@@H](N)CSC[C@@H](COCCCCCCCCCCCC)OC(=O)CCCCCCCCCCC. The Morgan fingerprint density at radius 1 is 0.654 bits per heavy atom. The minimum atomic E-state index is -3.04. The van der Waals surface area contributed by atoms with Crippen LogP contribution in [0.25, 0.3) is 0 Å². The van der Waals surface area contributed by atoms with Crippen molar-refractivity contribution in [2.24, 2.45) is 5.73 Å². The maximum absolute atomic E-state index is 12.7. The van der Waals surface area contributed by atoms with Gasteiger partial charge in [-0.05, 0) is 12.8 Å². The average molecular weight is 783 g/mol. The number of unbranched alkanes of at least 4 members (excludes halogenated alkanes) is 17. The fraction of sp³-hybridized carbons (Fsp3) is 0.923. The van der Waals surface area contributed by atoms with Gasteiger partial charge >= 0.3 is 5.97 Å². The quantitative estimate of drug-likeness (QED) is 0.0281. The first-order valence-corrected chi connectivity index (χ1v) is 23.7. The van der Waals surface area contributed by atoms with Crippen LogP contribution in [0.4, 0.5) is 0 Å². The molecule has 0 spiro atoms. The minimum absolute atomic E-state index is 0.133. The molecule has 0 heterocycles. The molecule has 0 radical (unpaired) electrons. The number of nitrogens with one attached hydrogen (secondary N) is 1. The van der Waals surface area contributed by atoms with E-state index >= 15 is 0 Å². The maximum atomic E-state index is 12.7. The van der Waals surface area contributed by atoms with Gasteiger partial charge < -0.3 is 44.5 Å². The Hall–Kier alpha value is -0.690. The molecule has 0 saturated carbocycles. The largest absolute Gasteiger partial charge is 0.459 e. The molecule has 310 valence electrons. The van der Waals surface area contributed by atoms with Crippen LogP contribution >= 0.6 is 19.1 Å². The van der Waals surface area contributed by atoms with Gasteiger partial charge in [-0.1, -0.05) is 129 Å². The summed E-state index contributed by atoms with van der Waals surface area (Å²) in [6.45, 7) is 7.88. The summed E-state index contributed by atoms with van der Waals surface area (Å²) in [5.41, 5.74) is 6.14. The Bertz CT molecular complexity index is 853. The van der Waals surface area contributed by atoms with E-state index in [0.29, 0.717) is 70.7 Å². The zero-order valence-corrected chi connectivity index (χ0v) is 34.9. The van der Waals surface area contributed by atoms with Gasteiger partial charge in [0.05, 0.1) is 52.3 Å². The summed E-state index contributed by atoms with van der Waals surface area (Å²) >= 11 is 1.50. The molecule has 0 aliphatic heterocycles. The molecule has 0 saturated heterocycles. The second-order valence-electron chi connectivity index (χ2n) is 13.8. The van der Waals surface area contributed by atoms with Gasteiger partial charge in [0, 0.05) is 37.2 Å². The smallest absolute Gasteiger partial charge is 0.306 e. The number of nitrogens with two attached hydrogens (primary N) is 1. The lowest BCUT2D eigenvalue weighted by molar-refractivity contribution is -0.150. The molecule has 0 bridgehead atoms. The predicted molar refractivity (Wildman–Crippen MR) is 218 cm³/mol. The second-order valence-corrected chi connectivity index (χ2v) is 17.1. The summed E-state index contributed by atoms with van der Waals surface area (Å²) in [4.78, 5) is 43.6. The molecular formula is C39H79N2O9PS. The number of hydrogen-bond acceptors (Lipinski definition) is 11. The van der Waals surface area contributed by atoms with Crippen molar-refractivity contribution in [3.05, 3.63) is 0 Å². The Morgan fingerprint density at radius 2 is 1.13 bits per heavy atom. The monoisotopic (exact) mass is 783 g/mol. The number of hydrogen-bond donors (Lipinski definition) is 4. The van der Waals surface area contributed by atoms with Gasteiger partial charge in [0.15, 0.2) is 0 Å². The second kappa shape index (κ2) is 38.6. The third-order valence-electron chi connectivity index (χ3n) is 8.55. The van der Waals surface area contributed by atoms with Crippen LogP contribution in [-0.4, -0.2) is 117 Å². The number of ether oxygens (including phenoxy) is 5. The highest BCUT2D eigenvalue weighted by Gasteiger charge is 2.18. The number of esters is 1. The van der Waals surface area contributed by atoms with Gasteiger partial charge in [-0.3, -0.25) is 9.59 Å². The van der Waals surface area contributed by atoms with E-state index in [1.54, 1.807) is 0 Å². The topological polar surface area (TPSA) is 159 Å². The molecule has 0 rings (SSSR count).